The quantitative estimate of drug-likeness (QED) is 0.581. The van der Waals surface area contributed by atoms with Gasteiger partial charge in [0, 0.05) is 16.9 Å². The Bertz CT molecular complexity index is 1160. The summed E-state index contributed by atoms with van der Waals surface area (Å²) in [4.78, 5) is 36.5. The second kappa shape index (κ2) is 10.2. The molecule has 0 unspecified atom stereocenters. The van der Waals surface area contributed by atoms with E-state index in [1.807, 2.05) is 46.7 Å². The number of aromatic nitrogens is 1. The predicted octanol–water partition coefficient (Wildman–Crippen LogP) is 4.58. The van der Waals surface area contributed by atoms with Gasteiger partial charge < -0.3 is 15.0 Å². The van der Waals surface area contributed by atoms with Gasteiger partial charge in [-0.05, 0) is 49.1 Å². The fourth-order valence-corrected chi connectivity index (χ4v) is 4.91. The van der Waals surface area contributed by atoms with Crippen LogP contribution < -0.4 is 5.32 Å². The number of hydrogen-bond acceptors (Lipinski definition) is 7. The molecule has 0 fully saturated rings. The Kier molecular flexibility index (Phi) is 7.15. The third-order valence-corrected chi connectivity index (χ3v) is 6.32. The fraction of sp³-hybridized carbons (Fsp3) is 0.250. The molecule has 7 nitrogen and oxygen atoms in total. The first-order valence-corrected chi connectivity index (χ1v) is 11.8. The standard InChI is InChI=1S/C24H23ClN4O3S/c1-3-32-23(31)21-15(2)28-24-29(22(21)16-7-6-8-17(25)11-16)19(14-33-24)12-20(30)27-13-18-9-4-5-10-26-18/h4-11,14,22H,3,12-13H2,1-2H3,(H,27,30)/t22-/m1/s1. The van der Waals surface area contributed by atoms with Gasteiger partial charge in [0.2, 0.25) is 5.91 Å². The summed E-state index contributed by atoms with van der Waals surface area (Å²) in [6.07, 6.45) is 1.82. The lowest BCUT2D eigenvalue weighted by molar-refractivity contribution is -0.139. The van der Waals surface area contributed by atoms with Crippen molar-refractivity contribution in [1.82, 2.24) is 15.2 Å². The van der Waals surface area contributed by atoms with Crippen molar-refractivity contribution in [3.05, 3.63) is 87.3 Å². The van der Waals surface area contributed by atoms with E-state index in [-0.39, 0.29) is 18.9 Å². The lowest BCUT2D eigenvalue weighted by Crippen LogP contribution is -2.38. The zero-order chi connectivity index (χ0) is 23.4. The zero-order valence-corrected chi connectivity index (χ0v) is 19.8. The van der Waals surface area contributed by atoms with E-state index in [0.29, 0.717) is 28.0 Å². The molecular weight excluding hydrogens is 460 g/mol. The number of pyridine rings is 1. The highest BCUT2D eigenvalue weighted by Gasteiger charge is 2.41. The number of amides is 1. The molecule has 0 saturated heterocycles. The van der Waals surface area contributed by atoms with Crippen LogP contribution in [0.3, 0.4) is 0 Å². The molecule has 170 valence electrons. The summed E-state index contributed by atoms with van der Waals surface area (Å²) in [7, 11) is 0. The van der Waals surface area contributed by atoms with Crippen LogP contribution in [0.4, 0.5) is 0 Å². The van der Waals surface area contributed by atoms with Crippen LogP contribution in [-0.2, 0) is 20.9 Å². The molecule has 1 aromatic carbocycles. The lowest BCUT2D eigenvalue weighted by atomic mass is 9.94. The molecule has 33 heavy (non-hydrogen) atoms. The maximum Gasteiger partial charge on any atom is 0.338 e. The molecule has 0 bridgehead atoms. The average Bonchev–Trinajstić information content (AvgIpc) is 3.19. The van der Waals surface area contributed by atoms with Crippen LogP contribution in [0.25, 0.3) is 0 Å². The van der Waals surface area contributed by atoms with Gasteiger partial charge in [-0.1, -0.05) is 41.6 Å². The number of esters is 1. The minimum absolute atomic E-state index is 0.130. The number of amidine groups is 1. The van der Waals surface area contributed by atoms with Crippen LogP contribution in [0.15, 0.2) is 76.0 Å². The summed E-state index contributed by atoms with van der Waals surface area (Å²) >= 11 is 7.71. The molecule has 1 aromatic heterocycles. The first-order valence-electron chi connectivity index (χ1n) is 10.5. The minimum Gasteiger partial charge on any atom is -0.463 e. The van der Waals surface area contributed by atoms with Crippen molar-refractivity contribution in [3.63, 3.8) is 0 Å². The van der Waals surface area contributed by atoms with Crippen molar-refractivity contribution in [1.29, 1.82) is 0 Å². The second-order valence-corrected chi connectivity index (χ2v) is 8.72. The number of rotatable bonds is 7. The maximum absolute atomic E-state index is 12.9. The second-order valence-electron chi connectivity index (χ2n) is 7.44. The Hall–Kier alpha value is -3.10. The molecule has 2 aliphatic heterocycles. The number of allylic oxidation sites excluding steroid dienone is 1. The molecule has 1 amide bonds. The lowest BCUT2D eigenvalue weighted by Gasteiger charge is -2.36. The Morgan fingerprint density at radius 1 is 1.24 bits per heavy atom. The number of ether oxygens (including phenoxy) is 1. The van der Waals surface area contributed by atoms with Crippen molar-refractivity contribution in [2.75, 3.05) is 6.61 Å². The molecule has 9 heteroatoms. The van der Waals surface area contributed by atoms with Crippen molar-refractivity contribution < 1.29 is 14.3 Å². The smallest absolute Gasteiger partial charge is 0.338 e. The fourth-order valence-electron chi connectivity index (χ4n) is 3.75. The number of halogens is 1. The number of aliphatic imine (C=N–C) groups is 1. The summed E-state index contributed by atoms with van der Waals surface area (Å²) in [6.45, 7) is 4.16. The number of carbonyl (C=O) groups excluding carboxylic acids is 2. The van der Waals surface area contributed by atoms with Crippen molar-refractivity contribution in [3.8, 4) is 0 Å². The minimum atomic E-state index is -0.500. The van der Waals surface area contributed by atoms with E-state index < -0.39 is 12.0 Å². The van der Waals surface area contributed by atoms with E-state index in [1.54, 1.807) is 26.1 Å². The predicted molar refractivity (Wildman–Crippen MR) is 129 cm³/mol. The van der Waals surface area contributed by atoms with Gasteiger partial charge in [-0.3, -0.25) is 9.78 Å². The largest absolute Gasteiger partial charge is 0.463 e. The number of nitrogens with zero attached hydrogens (tertiary/aromatic N) is 3. The van der Waals surface area contributed by atoms with Crippen molar-refractivity contribution in [2.45, 2.75) is 32.9 Å². The molecule has 4 rings (SSSR count). The van der Waals surface area contributed by atoms with Gasteiger partial charge in [0.1, 0.15) is 0 Å². The monoisotopic (exact) mass is 482 g/mol. The molecule has 1 atom stereocenters. The van der Waals surface area contributed by atoms with E-state index in [1.165, 1.54) is 11.8 Å². The topological polar surface area (TPSA) is 83.9 Å². The number of nitrogens with one attached hydrogen (secondary N) is 1. The van der Waals surface area contributed by atoms with Gasteiger partial charge in [-0.25, -0.2) is 9.79 Å². The molecule has 0 saturated carbocycles. The normalized spacial score (nSPS) is 17.3. The summed E-state index contributed by atoms with van der Waals surface area (Å²) in [6, 6.07) is 12.4. The van der Waals surface area contributed by atoms with Gasteiger partial charge >= 0.3 is 5.97 Å². The summed E-state index contributed by atoms with van der Waals surface area (Å²) in [5.41, 5.74) is 3.37. The van der Waals surface area contributed by atoms with Gasteiger partial charge in [-0.15, -0.1) is 0 Å². The molecule has 1 N–H and O–H groups in total. The highest BCUT2D eigenvalue weighted by atomic mass is 35.5. The Balaban J connectivity index is 1.61. The maximum atomic E-state index is 12.9. The highest BCUT2D eigenvalue weighted by Crippen LogP contribution is 2.45. The van der Waals surface area contributed by atoms with Gasteiger partial charge in [0.25, 0.3) is 0 Å². The van der Waals surface area contributed by atoms with Crippen LogP contribution in [0, 0.1) is 0 Å². The Labute approximate surface area is 201 Å². The molecule has 0 radical (unpaired) electrons. The summed E-state index contributed by atoms with van der Waals surface area (Å²) < 4.78 is 5.35. The number of fused-ring (bicyclic) bond motifs is 1. The van der Waals surface area contributed by atoms with Crippen molar-refractivity contribution >= 4 is 40.4 Å². The number of thioether (sulfide) groups is 1. The highest BCUT2D eigenvalue weighted by molar-refractivity contribution is 8.16. The van der Waals surface area contributed by atoms with E-state index in [4.69, 9.17) is 16.3 Å². The van der Waals surface area contributed by atoms with Gasteiger partial charge in [0.15, 0.2) is 5.17 Å². The van der Waals surface area contributed by atoms with E-state index in [2.05, 4.69) is 15.3 Å². The average molecular weight is 483 g/mol. The van der Waals surface area contributed by atoms with E-state index in [9.17, 15) is 9.59 Å². The van der Waals surface area contributed by atoms with Crippen LogP contribution in [0.1, 0.15) is 37.6 Å². The molecule has 3 heterocycles. The van der Waals surface area contributed by atoms with Crippen LogP contribution >= 0.6 is 23.4 Å². The van der Waals surface area contributed by atoms with Gasteiger partial charge in [-0.2, -0.15) is 0 Å². The van der Waals surface area contributed by atoms with E-state index >= 15 is 0 Å². The summed E-state index contributed by atoms with van der Waals surface area (Å²) in [5.74, 6) is -0.582. The van der Waals surface area contributed by atoms with Crippen LogP contribution in [0.2, 0.25) is 5.02 Å². The molecule has 2 aliphatic rings. The van der Waals surface area contributed by atoms with Crippen LogP contribution in [-0.4, -0.2) is 33.5 Å². The molecule has 0 aliphatic carbocycles. The summed E-state index contributed by atoms with van der Waals surface area (Å²) in [5, 5.41) is 6.07. The van der Waals surface area contributed by atoms with E-state index in [0.717, 1.165) is 17.0 Å². The Morgan fingerprint density at radius 2 is 2.09 bits per heavy atom. The molecular formula is C24H23ClN4O3S. The van der Waals surface area contributed by atoms with Crippen LogP contribution in [0.5, 0.6) is 0 Å². The number of hydrogen-bond donors (Lipinski definition) is 1. The SMILES string of the molecule is CCOC(=O)C1=C(C)N=C2SC=C(CC(=O)NCc3ccccn3)N2[C@@H]1c1cccc(Cl)c1. The Morgan fingerprint density at radius 3 is 2.82 bits per heavy atom. The number of benzene rings is 1. The zero-order valence-electron chi connectivity index (χ0n) is 18.2. The first-order chi connectivity index (χ1) is 16.0. The number of carbonyl (C=O) groups is 2. The van der Waals surface area contributed by atoms with Gasteiger partial charge in [0.05, 0.1) is 42.6 Å². The third kappa shape index (κ3) is 5.12. The molecule has 0 spiro atoms. The third-order valence-electron chi connectivity index (χ3n) is 5.19. The van der Waals surface area contributed by atoms with Crippen molar-refractivity contribution in [2.24, 2.45) is 4.99 Å². The molecule has 2 aromatic rings. The first kappa shape index (κ1) is 23.1.